The van der Waals surface area contributed by atoms with Gasteiger partial charge in [0.15, 0.2) is 0 Å². The molecule has 0 amide bonds. The van der Waals surface area contributed by atoms with E-state index in [0.29, 0.717) is 6.04 Å². The maximum atomic E-state index is 5.18. The van der Waals surface area contributed by atoms with Gasteiger partial charge < -0.3 is 15.0 Å². The summed E-state index contributed by atoms with van der Waals surface area (Å²) in [6.45, 7) is 10.2. The largest absolute Gasteiger partial charge is 0.383 e. The van der Waals surface area contributed by atoms with Crippen LogP contribution in [-0.4, -0.2) is 50.8 Å². The number of nitrogens with zero attached hydrogens (tertiary/aromatic N) is 1. The second-order valence-electron chi connectivity index (χ2n) is 4.52. The topological polar surface area (TPSA) is 24.5 Å². The van der Waals surface area contributed by atoms with Crippen LogP contribution in [0.5, 0.6) is 0 Å². The standard InChI is InChI=1S/C12H26N2O/c1-4-12(10-15-3)13-8-11-6-7-14(5-2)9-11/h11-13H,4-10H2,1-3H3. The van der Waals surface area contributed by atoms with E-state index in [4.69, 9.17) is 4.74 Å². The third-order valence-electron chi connectivity index (χ3n) is 3.37. The molecule has 0 radical (unpaired) electrons. The molecule has 1 aliphatic rings. The van der Waals surface area contributed by atoms with Crippen LogP contribution in [0.2, 0.25) is 0 Å². The highest BCUT2D eigenvalue weighted by Gasteiger charge is 2.21. The van der Waals surface area contributed by atoms with E-state index in [0.717, 1.165) is 25.5 Å². The van der Waals surface area contributed by atoms with Crippen LogP contribution < -0.4 is 5.32 Å². The highest BCUT2D eigenvalue weighted by molar-refractivity contribution is 4.77. The van der Waals surface area contributed by atoms with Crippen molar-refractivity contribution in [3.63, 3.8) is 0 Å². The molecule has 2 unspecified atom stereocenters. The van der Waals surface area contributed by atoms with Crippen LogP contribution >= 0.6 is 0 Å². The maximum Gasteiger partial charge on any atom is 0.0615 e. The monoisotopic (exact) mass is 214 g/mol. The van der Waals surface area contributed by atoms with Crippen molar-refractivity contribution in [1.82, 2.24) is 10.2 Å². The molecule has 2 atom stereocenters. The quantitative estimate of drug-likeness (QED) is 0.692. The number of nitrogens with one attached hydrogen (secondary N) is 1. The predicted octanol–water partition coefficient (Wildman–Crippen LogP) is 1.34. The molecule has 1 N–H and O–H groups in total. The second kappa shape index (κ2) is 7.20. The van der Waals surface area contributed by atoms with Crippen molar-refractivity contribution in [2.75, 3.05) is 39.9 Å². The molecule has 1 rings (SSSR count). The van der Waals surface area contributed by atoms with Crippen LogP contribution in [0, 0.1) is 5.92 Å². The average molecular weight is 214 g/mol. The van der Waals surface area contributed by atoms with Crippen molar-refractivity contribution in [3.8, 4) is 0 Å². The summed E-state index contributed by atoms with van der Waals surface area (Å²) in [5, 5.41) is 3.61. The molecule has 3 nitrogen and oxygen atoms in total. The highest BCUT2D eigenvalue weighted by Crippen LogP contribution is 2.14. The first-order valence-electron chi connectivity index (χ1n) is 6.24. The van der Waals surface area contributed by atoms with Crippen LogP contribution in [0.25, 0.3) is 0 Å². The lowest BCUT2D eigenvalue weighted by Gasteiger charge is -2.19. The summed E-state index contributed by atoms with van der Waals surface area (Å²) < 4.78 is 5.18. The fraction of sp³-hybridized carbons (Fsp3) is 1.00. The molecule has 0 aromatic heterocycles. The van der Waals surface area contributed by atoms with Crippen LogP contribution in [-0.2, 0) is 4.74 Å². The van der Waals surface area contributed by atoms with E-state index in [9.17, 15) is 0 Å². The zero-order valence-electron chi connectivity index (χ0n) is 10.5. The lowest BCUT2D eigenvalue weighted by molar-refractivity contribution is 0.162. The second-order valence-corrected chi connectivity index (χ2v) is 4.52. The van der Waals surface area contributed by atoms with Gasteiger partial charge in [-0.05, 0) is 38.4 Å². The van der Waals surface area contributed by atoms with Gasteiger partial charge in [0.2, 0.25) is 0 Å². The lowest BCUT2D eigenvalue weighted by Crippen LogP contribution is -2.36. The molecule has 0 spiro atoms. The Kier molecular flexibility index (Phi) is 6.22. The minimum Gasteiger partial charge on any atom is -0.383 e. The Hall–Kier alpha value is -0.120. The van der Waals surface area contributed by atoms with Crippen molar-refractivity contribution in [1.29, 1.82) is 0 Å². The molecule has 1 heterocycles. The van der Waals surface area contributed by atoms with Crippen LogP contribution in [0.15, 0.2) is 0 Å². The first kappa shape index (κ1) is 12.9. The zero-order chi connectivity index (χ0) is 11.1. The van der Waals surface area contributed by atoms with Crippen molar-refractivity contribution < 1.29 is 4.74 Å². The fourth-order valence-corrected chi connectivity index (χ4v) is 2.22. The van der Waals surface area contributed by atoms with E-state index in [2.05, 4.69) is 24.1 Å². The summed E-state index contributed by atoms with van der Waals surface area (Å²) >= 11 is 0. The Morgan fingerprint density at radius 3 is 2.80 bits per heavy atom. The molecule has 0 aliphatic carbocycles. The van der Waals surface area contributed by atoms with Gasteiger partial charge >= 0.3 is 0 Å². The molecule has 0 saturated carbocycles. The Morgan fingerprint density at radius 2 is 2.27 bits per heavy atom. The first-order valence-corrected chi connectivity index (χ1v) is 6.24. The maximum absolute atomic E-state index is 5.18. The molecular formula is C12H26N2O. The van der Waals surface area contributed by atoms with Gasteiger partial charge in [-0.1, -0.05) is 13.8 Å². The van der Waals surface area contributed by atoms with Gasteiger partial charge in [-0.15, -0.1) is 0 Å². The number of rotatable bonds is 7. The Bertz CT molecular complexity index is 164. The molecule has 0 bridgehead atoms. The van der Waals surface area contributed by atoms with Gasteiger partial charge in [-0.25, -0.2) is 0 Å². The average Bonchev–Trinajstić information content (AvgIpc) is 2.72. The summed E-state index contributed by atoms with van der Waals surface area (Å²) in [4.78, 5) is 2.53. The molecule has 15 heavy (non-hydrogen) atoms. The van der Waals surface area contributed by atoms with Crippen LogP contribution in [0.1, 0.15) is 26.7 Å². The molecule has 1 saturated heterocycles. The van der Waals surface area contributed by atoms with Gasteiger partial charge in [0, 0.05) is 19.7 Å². The van der Waals surface area contributed by atoms with Gasteiger partial charge in [0.1, 0.15) is 0 Å². The molecule has 3 heteroatoms. The molecular weight excluding hydrogens is 188 g/mol. The minimum absolute atomic E-state index is 0.533. The van der Waals surface area contributed by atoms with E-state index in [-0.39, 0.29) is 0 Å². The zero-order valence-corrected chi connectivity index (χ0v) is 10.5. The Morgan fingerprint density at radius 1 is 1.47 bits per heavy atom. The lowest BCUT2D eigenvalue weighted by atomic mass is 10.1. The van der Waals surface area contributed by atoms with E-state index >= 15 is 0 Å². The number of hydrogen-bond acceptors (Lipinski definition) is 3. The van der Waals surface area contributed by atoms with Gasteiger partial charge in [0.25, 0.3) is 0 Å². The molecule has 1 fully saturated rings. The first-order chi connectivity index (χ1) is 7.30. The van der Waals surface area contributed by atoms with Crippen LogP contribution in [0.3, 0.4) is 0 Å². The fourth-order valence-electron chi connectivity index (χ4n) is 2.22. The van der Waals surface area contributed by atoms with E-state index < -0.39 is 0 Å². The molecule has 0 aromatic carbocycles. The summed E-state index contributed by atoms with van der Waals surface area (Å²) in [6, 6.07) is 0.533. The number of methoxy groups -OCH3 is 1. The summed E-state index contributed by atoms with van der Waals surface area (Å²) in [6.07, 6.45) is 2.50. The van der Waals surface area contributed by atoms with E-state index in [1.807, 2.05) is 0 Å². The van der Waals surface area contributed by atoms with Gasteiger partial charge in [-0.3, -0.25) is 0 Å². The van der Waals surface area contributed by atoms with Gasteiger partial charge in [-0.2, -0.15) is 0 Å². The van der Waals surface area contributed by atoms with Crippen molar-refractivity contribution in [3.05, 3.63) is 0 Å². The SMILES string of the molecule is CCC(COC)NCC1CCN(CC)C1. The van der Waals surface area contributed by atoms with Gasteiger partial charge in [0.05, 0.1) is 6.61 Å². The minimum atomic E-state index is 0.533. The number of ether oxygens (including phenoxy) is 1. The van der Waals surface area contributed by atoms with E-state index in [1.54, 1.807) is 7.11 Å². The third kappa shape index (κ3) is 4.49. The highest BCUT2D eigenvalue weighted by atomic mass is 16.5. The van der Waals surface area contributed by atoms with Crippen molar-refractivity contribution in [2.45, 2.75) is 32.7 Å². The molecule has 0 aromatic rings. The molecule has 90 valence electrons. The van der Waals surface area contributed by atoms with Crippen LogP contribution in [0.4, 0.5) is 0 Å². The molecule has 1 aliphatic heterocycles. The third-order valence-corrected chi connectivity index (χ3v) is 3.37. The Balaban J connectivity index is 2.13. The summed E-state index contributed by atoms with van der Waals surface area (Å²) in [5.74, 6) is 0.843. The Labute approximate surface area is 94.2 Å². The smallest absolute Gasteiger partial charge is 0.0615 e. The summed E-state index contributed by atoms with van der Waals surface area (Å²) in [5.41, 5.74) is 0. The van der Waals surface area contributed by atoms with Crippen molar-refractivity contribution in [2.24, 2.45) is 5.92 Å². The predicted molar refractivity (Wildman–Crippen MR) is 64.2 cm³/mol. The van der Waals surface area contributed by atoms with E-state index in [1.165, 1.54) is 26.1 Å². The normalized spacial score (nSPS) is 24.6. The van der Waals surface area contributed by atoms with Crippen molar-refractivity contribution >= 4 is 0 Å². The number of likely N-dealkylation sites (tertiary alicyclic amines) is 1. The number of hydrogen-bond donors (Lipinski definition) is 1. The summed E-state index contributed by atoms with van der Waals surface area (Å²) in [7, 11) is 1.78.